The minimum Gasteiger partial charge on any atom is -0.491 e. The van der Waals surface area contributed by atoms with Crippen molar-refractivity contribution in [2.45, 2.75) is 26.7 Å². The maximum atomic E-state index is 12.0. The van der Waals surface area contributed by atoms with Crippen LogP contribution in [0.1, 0.15) is 36.3 Å². The second kappa shape index (κ2) is 10.0. The third-order valence-corrected chi connectivity index (χ3v) is 4.91. The van der Waals surface area contributed by atoms with Gasteiger partial charge in [-0.2, -0.15) is 0 Å². The number of hydrogen-bond donors (Lipinski definition) is 0. The molecule has 0 unspecified atom stereocenters. The van der Waals surface area contributed by atoms with Gasteiger partial charge in [0, 0.05) is 32.4 Å². The Balaban J connectivity index is 1.87. The van der Waals surface area contributed by atoms with Crippen LogP contribution in [0, 0.1) is 0 Å². The fourth-order valence-electron chi connectivity index (χ4n) is 3.10. The summed E-state index contributed by atoms with van der Waals surface area (Å²) < 4.78 is 8.44. The van der Waals surface area contributed by atoms with E-state index < -0.39 is 0 Å². The Kier molecular flexibility index (Phi) is 7.75. The number of para-hydroxylation sites is 1. The van der Waals surface area contributed by atoms with Gasteiger partial charge in [-0.1, -0.05) is 19.1 Å². The van der Waals surface area contributed by atoms with Crippen molar-refractivity contribution < 1.29 is 9.53 Å². The number of likely N-dealkylation sites (N-methyl/N-ethyl adjacent to an activating group) is 1. The molecule has 1 heterocycles. The first-order valence-electron chi connectivity index (χ1n) is 9.56. The number of Topliss-reactive ketones (excluding diaryl/α,β-unsaturated/α-hetero) is 1. The zero-order valence-corrected chi connectivity index (χ0v) is 17.1. The van der Waals surface area contributed by atoms with Crippen molar-refractivity contribution in [1.29, 1.82) is 0 Å². The Hall–Kier alpha value is -2.67. The Labute approximate surface area is 165 Å². The largest absolute Gasteiger partial charge is 0.491 e. The summed E-state index contributed by atoms with van der Waals surface area (Å²) in [5, 5.41) is 0. The van der Waals surface area contributed by atoms with Gasteiger partial charge in [0.15, 0.2) is 5.78 Å². The number of nitrogens with zero attached hydrogens (tertiary/aromatic N) is 3. The van der Waals surface area contributed by atoms with Crippen molar-refractivity contribution in [3.05, 3.63) is 62.4 Å². The van der Waals surface area contributed by atoms with Gasteiger partial charge in [-0.05, 0) is 45.0 Å². The Morgan fingerprint density at radius 3 is 2.50 bits per heavy atom. The van der Waals surface area contributed by atoms with Crippen LogP contribution in [0.15, 0.2) is 39.9 Å². The molecule has 0 amide bonds. The Morgan fingerprint density at radius 1 is 1.11 bits per heavy atom. The first-order valence-corrected chi connectivity index (χ1v) is 9.56. The van der Waals surface area contributed by atoms with Crippen LogP contribution in [0.2, 0.25) is 0 Å². The normalized spacial score (nSPS) is 11.0. The quantitative estimate of drug-likeness (QED) is 0.579. The smallest absolute Gasteiger partial charge is 0.330 e. The first-order chi connectivity index (χ1) is 13.3. The summed E-state index contributed by atoms with van der Waals surface area (Å²) in [6.45, 7) is 6.54. The van der Waals surface area contributed by atoms with Crippen molar-refractivity contribution in [3.63, 3.8) is 0 Å². The lowest BCUT2D eigenvalue weighted by atomic mass is 10.1. The predicted molar refractivity (Wildman–Crippen MR) is 109 cm³/mol. The molecule has 0 fully saturated rings. The first kappa shape index (κ1) is 21.6. The molecule has 0 aliphatic heterocycles. The second-order valence-electron chi connectivity index (χ2n) is 6.81. The van der Waals surface area contributed by atoms with E-state index in [0.29, 0.717) is 24.3 Å². The van der Waals surface area contributed by atoms with E-state index in [4.69, 9.17) is 4.74 Å². The van der Waals surface area contributed by atoms with Crippen LogP contribution < -0.4 is 16.0 Å². The van der Waals surface area contributed by atoms with E-state index in [2.05, 4.69) is 11.8 Å². The number of hydrogen-bond acceptors (Lipinski definition) is 5. The Bertz CT molecular complexity index is 930. The summed E-state index contributed by atoms with van der Waals surface area (Å²) in [4.78, 5) is 37.7. The summed E-state index contributed by atoms with van der Waals surface area (Å²) in [5.74, 6) is 0.601. The van der Waals surface area contributed by atoms with Crippen LogP contribution in [0.4, 0.5) is 0 Å². The van der Waals surface area contributed by atoms with Crippen LogP contribution in [-0.4, -0.2) is 46.1 Å². The monoisotopic (exact) mass is 387 g/mol. The van der Waals surface area contributed by atoms with Crippen molar-refractivity contribution in [2.75, 3.05) is 26.2 Å². The zero-order valence-electron chi connectivity index (χ0n) is 17.1. The molecule has 0 saturated heterocycles. The third-order valence-electron chi connectivity index (χ3n) is 4.91. The van der Waals surface area contributed by atoms with Crippen LogP contribution in [0.25, 0.3) is 0 Å². The van der Waals surface area contributed by atoms with E-state index in [-0.39, 0.29) is 17.0 Å². The molecule has 2 rings (SSSR count). The van der Waals surface area contributed by atoms with Crippen LogP contribution >= 0.6 is 0 Å². The number of ether oxygens (including phenoxy) is 1. The van der Waals surface area contributed by atoms with Crippen molar-refractivity contribution in [1.82, 2.24) is 14.0 Å². The number of ketones is 1. The molecular weight excluding hydrogens is 358 g/mol. The lowest BCUT2D eigenvalue weighted by molar-refractivity contribution is 0.101. The summed E-state index contributed by atoms with van der Waals surface area (Å²) in [7, 11) is 3.17. The van der Waals surface area contributed by atoms with E-state index in [1.807, 2.05) is 18.2 Å². The van der Waals surface area contributed by atoms with Gasteiger partial charge in [-0.15, -0.1) is 0 Å². The van der Waals surface area contributed by atoms with E-state index in [0.717, 1.165) is 36.3 Å². The van der Waals surface area contributed by atoms with Gasteiger partial charge in [0.2, 0.25) is 0 Å². The number of aromatic nitrogens is 2. The topological polar surface area (TPSA) is 73.5 Å². The summed E-state index contributed by atoms with van der Waals surface area (Å²) in [6.07, 6.45) is 1.49. The van der Waals surface area contributed by atoms with Gasteiger partial charge in [0.1, 0.15) is 12.4 Å². The summed E-state index contributed by atoms with van der Waals surface area (Å²) in [5.41, 5.74) is 0.767. The summed E-state index contributed by atoms with van der Waals surface area (Å²) >= 11 is 0. The van der Waals surface area contributed by atoms with Gasteiger partial charge < -0.3 is 14.2 Å². The van der Waals surface area contributed by atoms with E-state index >= 15 is 0 Å². The van der Waals surface area contributed by atoms with Crippen molar-refractivity contribution >= 4 is 5.78 Å². The second-order valence-corrected chi connectivity index (χ2v) is 6.81. The zero-order chi connectivity index (χ0) is 20.7. The van der Waals surface area contributed by atoms with Gasteiger partial charge in [0.25, 0.3) is 5.56 Å². The highest BCUT2D eigenvalue weighted by Gasteiger charge is 2.10. The summed E-state index contributed by atoms with van der Waals surface area (Å²) in [6, 6.07) is 8.78. The number of benzene rings is 1. The van der Waals surface area contributed by atoms with Crippen LogP contribution in [0.5, 0.6) is 5.75 Å². The Morgan fingerprint density at radius 2 is 1.82 bits per heavy atom. The number of aryl methyl sites for hydroxylation is 1. The van der Waals surface area contributed by atoms with Gasteiger partial charge >= 0.3 is 5.69 Å². The third kappa shape index (κ3) is 5.42. The van der Waals surface area contributed by atoms with E-state index in [1.54, 1.807) is 13.1 Å². The molecule has 152 valence electrons. The van der Waals surface area contributed by atoms with Gasteiger partial charge in [-0.25, -0.2) is 4.79 Å². The highest BCUT2D eigenvalue weighted by Crippen LogP contribution is 2.18. The fourth-order valence-corrected chi connectivity index (χ4v) is 3.10. The highest BCUT2D eigenvalue weighted by molar-refractivity contribution is 5.96. The maximum Gasteiger partial charge on any atom is 0.330 e. The molecule has 7 heteroatoms. The minimum absolute atomic E-state index is 0.0115. The van der Waals surface area contributed by atoms with Gasteiger partial charge in [0.05, 0.1) is 5.56 Å². The van der Waals surface area contributed by atoms with E-state index in [1.165, 1.54) is 24.6 Å². The molecular formula is C21H29N3O4. The van der Waals surface area contributed by atoms with Crippen LogP contribution in [0.3, 0.4) is 0 Å². The molecule has 2 aromatic rings. The van der Waals surface area contributed by atoms with Crippen molar-refractivity contribution in [2.24, 2.45) is 14.1 Å². The highest BCUT2D eigenvalue weighted by atomic mass is 16.5. The molecule has 0 bridgehead atoms. The lowest BCUT2D eigenvalue weighted by Crippen LogP contribution is -2.38. The molecule has 7 nitrogen and oxygen atoms in total. The molecule has 1 aromatic heterocycles. The number of rotatable bonds is 10. The minimum atomic E-state index is -0.299. The van der Waals surface area contributed by atoms with Crippen LogP contribution in [-0.2, 0) is 20.5 Å². The molecule has 0 radical (unpaired) electrons. The SMILES string of the molecule is CCN(CCCc1cc(=O)n(C)c(=O)n1C)CCOc1ccccc1C(C)=O. The van der Waals surface area contributed by atoms with Crippen molar-refractivity contribution in [3.8, 4) is 5.75 Å². The molecule has 0 N–H and O–H groups in total. The molecule has 0 aliphatic rings. The molecule has 0 spiro atoms. The average molecular weight is 387 g/mol. The van der Waals surface area contributed by atoms with E-state index in [9.17, 15) is 14.4 Å². The number of carbonyl (C=O) groups excluding carboxylic acids is 1. The maximum absolute atomic E-state index is 12.0. The van der Waals surface area contributed by atoms with Gasteiger partial charge in [-0.3, -0.25) is 14.2 Å². The molecule has 0 atom stereocenters. The molecule has 1 aromatic carbocycles. The fraction of sp³-hybridized carbons (Fsp3) is 0.476. The molecule has 0 aliphatic carbocycles. The molecule has 0 saturated carbocycles. The average Bonchev–Trinajstić information content (AvgIpc) is 2.69. The standard InChI is InChI=1S/C21H29N3O4/c1-5-24(13-14-28-19-11-7-6-10-18(19)16(2)25)12-8-9-17-15-20(26)23(4)21(27)22(17)3/h6-7,10-11,15H,5,8-9,12-14H2,1-4H3. The predicted octanol–water partition coefficient (Wildman–Crippen LogP) is 1.62. The lowest BCUT2D eigenvalue weighted by Gasteiger charge is -2.21. The molecule has 28 heavy (non-hydrogen) atoms. The number of carbonyl (C=O) groups is 1.